The predicted octanol–water partition coefficient (Wildman–Crippen LogP) is 3.34. The van der Waals surface area contributed by atoms with Crippen LogP contribution < -0.4 is 14.8 Å². The van der Waals surface area contributed by atoms with Crippen molar-refractivity contribution in [1.29, 1.82) is 0 Å². The molecule has 0 radical (unpaired) electrons. The average molecular weight is 396 g/mol. The second-order valence-corrected chi connectivity index (χ2v) is 6.73. The molecular formula is C18H22BrNO4. The number of nitrogens with one attached hydrogen (secondary N) is 1. The van der Waals surface area contributed by atoms with E-state index in [1.807, 2.05) is 25.1 Å². The molecule has 1 aromatic carbocycles. The zero-order chi connectivity index (χ0) is 16.9. The number of benzene rings is 1. The van der Waals surface area contributed by atoms with Crippen LogP contribution in [-0.2, 0) is 19.4 Å². The Morgan fingerprint density at radius 2 is 1.92 bits per heavy atom. The number of fused-ring (bicyclic) bond motifs is 1. The summed E-state index contributed by atoms with van der Waals surface area (Å²) < 4.78 is 17.4. The van der Waals surface area contributed by atoms with Crippen LogP contribution in [0.5, 0.6) is 11.5 Å². The topological polar surface area (TPSA) is 63.9 Å². The molecule has 2 N–H and O–H groups in total. The van der Waals surface area contributed by atoms with Gasteiger partial charge in [-0.2, -0.15) is 0 Å². The van der Waals surface area contributed by atoms with E-state index < -0.39 is 0 Å². The summed E-state index contributed by atoms with van der Waals surface area (Å²) in [6, 6.07) is 6.01. The van der Waals surface area contributed by atoms with Gasteiger partial charge in [-0.1, -0.05) is 15.9 Å². The molecule has 0 aliphatic carbocycles. The van der Waals surface area contributed by atoms with E-state index >= 15 is 0 Å². The van der Waals surface area contributed by atoms with E-state index in [1.165, 1.54) is 5.56 Å². The number of aryl methyl sites for hydroxylation is 2. The molecule has 0 atom stereocenters. The van der Waals surface area contributed by atoms with Crippen LogP contribution in [0.3, 0.4) is 0 Å². The lowest BCUT2D eigenvalue weighted by molar-refractivity contribution is 0.174. The number of halogens is 1. The maximum absolute atomic E-state index is 9.14. The quantitative estimate of drug-likeness (QED) is 0.671. The van der Waals surface area contributed by atoms with E-state index in [-0.39, 0.29) is 6.61 Å². The van der Waals surface area contributed by atoms with E-state index in [0.29, 0.717) is 12.6 Å². The highest BCUT2D eigenvalue weighted by molar-refractivity contribution is 9.10. The van der Waals surface area contributed by atoms with Gasteiger partial charge in [0.2, 0.25) is 6.79 Å². The Hall–Kier alpha value is -1.50. The lowest BCUT2D eigenvalue weighted by atomic mass is 10.1. The van der Waals surface area contributed by atoms with Crippen LogP contribution in [0.1, 0.15) is 29.1 Å². The van der Waals surface area contributed by atoms with E-state index in [1.54, 1.807) is 0 Å². The Kier molecular flexibility index (Phi) is 5.81. The third-order valence-electron chi connectivity index (χ3n) is 4.10. The summed E-state index contributed by atoms with van der Waals surface area (Å²) in [6.07, 6.45) is 2.80. The maximum Gasteiger partial charge on any atom is 0.231 e. The van der Waals surface area contributed by atoms with Gasteiger partial charge in [0.15, 0.2) is 11.5 Å². The Morgan fingerprint density at radius 1 is 1.12 bits per heavy atom. The van der Waals surface area contributed by atoms with Gasteiger partial charge in [-0.05, 0) is 62.2 Å². The molecule has 0 bridgehead atoms. The predicted molar refractivity (Wildman–Crippen MR) is 94.5 cm³/mol. The molecule has 130 valence electrons. The summed E-state index contributed by atoms with van der Waals surface area (Å²) in [5.41, 5.74) is 2.23. The van der Waals surface area contributed by atoms with Crippen molar-refractivity contribution in [1.82, 2.24) is 5.32 Å². The second kappa shape index (κ2) is 8.05. The molecule has 1 aliphatic rings. The molecule has 0 unspecified atom stereocenters. The van der Waals surface area contributed by atoms with Crippen molar-refractivity contribution in [2.45, 2.75) is 32.8 Å². The minimum atomic E-state index is -0.0332. The molecule has 6 heteroatoms. The Morgan fingerprint density at radius 3 is 2.67 bits per heavy atom. The van der Waals surface area contributed by atoms with Crippen LogP contribution in [0.2, 0.25) is 0 Å². The zero-order valence-corrected chi connectivity index (χ0v) is 15.3. The smallest absolute Gasteiger partial charge is 0.231 e. The van der Waals surface area contributed by atoms with E-state index in [2.05, 4.69) is 21.2 Å². The summed E-state index contributed by atoms with van der Waals surface area (Å²) in [6.45, 7) is 4.05. The van der Waals surface area contributed by atoms with Gasteiger partial charge in [0, 0.05) is 10.9 Å². The number of furan rings is 1. The average Bonchev–Trinajstić information content (AvgIpc) is 3.16. The van der Waals surface area contributed by atoms with Crippen molar-refractivity contribution >= 4 is 15.9 Å². The van der Waals surface area contributed by atoms with Crippen LogP contribution >= 0.6 is 15.9 Å². The first-order chi connectivity index (χ1) is 11.7. The van der Waals surface area contributed by atoms with Crippen molar-refractivity contribution in [3.05, 3.63) is 45.3 Å². The van der Waals surface area contributed by atoms with Crippen LogP contribution in [0.4, 0.5) is 0 Å². The van der Waals surface area contributed by atoms with Crippen molar-refractivity contribution in [2.24, 2.45) is 0 Å². The number of aliphatic hydroxyl groups excluding tert-OH is 1. The van der Waals surface area contributed by atoms with Gasteiger partial charge in [0.1, 0.15) is 18.1 Å². The van der Waals surface area contributed by atoms with Gasteiger partial charge in [-0.15, -0.1) is 0 Å². The van der Waals surface area contributed by atoms with Crippen molar-refractivity contribution in [3.63, 3.8) is 0 Å². The molecule has 1 aliphatic heterocycles. The molecular weight excluding hydrogens is 374 g/mol. The van der Waals surface area contributed by atoms with Gasteiger partial charge in [-0.3, -0.25) is 0 Å². The van der Waals surface area contributed by atoms with Crippen LogP contribution in [-0.4, -0.2) is 25.0 Å². The first-order valence-corrected chi connectivity index (χ1v) is 8.94. The maximum atomic E-state index is 9.14. The first-order valence-electron chi connectivity index (χ1n) is 8.15. The Balaban J connectivity index is 1.38. The first kappa shape index (κ1) is 17.3. The summed E-state index contributed by atoms with van der Waals surface area (Å²) in [4.78, 5) is 0. The summed E-state index contributed by atoms with van der Waals surface area (Å²) in [5.74, 6) is 3.23. The molecule has 0 saturated heterocycles. The fourth-order valence-electron chi connectivity index (χ4n) is 2.76. The van der Waals surface area contributed by atoms with Crippen LogP contribution in [0, 0.1) is 6.92 Å². The number of hydrogen-bond acceptors (Lipinski definition) is 5. The lowest BCUT2D eigenvalue weighted by Gasteiger charge is -2.07. The van der Waals surface area contributed by atoms with E-state index in [9.17, 15) is 0 Å². The molecule has 24 heavy (non-hydrogen) atoms. The lowest BCUT2D eigenvalue weighted by Crippen LogP contribution is -2.19. The SMILES string of the molecule is Cc1cc(CCCNCCc2cc3c(cc2Br)OCO3)oc1CO. The van der Waals surface area contributed by atoms with Crippen molar-refractivity contribution < 1.29 is 19.0 Å². The minimum absolute atomic E-state index is 0.0332. The van der Waals surface area contributed by atoms with Gasteiger partial charge in [0.05, 0.1) is 0 Å². The molecule has 0 spiro atoms. The molecule has 3 rings (SSSR count). The molecule has 0 amide bonds. The van der Waals surface area contributed by atoms with Gasteiger partial charge in [0.25, 0.3) is 0 Å². The fraction of sp³-hybridized carbons (Fsp3) is 0.444. The monoisotopic (exact) mass is 395 g/mol. The molecule has 5 nitrogen and oxygen atoms in total. The summed E-state index contributed by atoms with van der Waals surface area (Å²) in [7, 11) is 0. The highest BCUT2D eigenvalue weighted by atomic mass is 79.9. The number of rotatable bonds is 8. The molecule has 1 aromatic heterocycles. The largest absolute Gasteiger partial charge is 0.463 e. The van der Waals surface area contributed by atoms with Gasteiger partial charge >= 0.3 is 0 Å². The molecule has 2 aromatic rings. The zero-order valence-electron chi connectivity index (χ0n) is 13.7. The normalized spacial score (nSPS) is 12.8. The second-order valence-electron chi connectivity index (χ2n) is 5.88. The molecule has 0 saturated carbocycles. The third-order valence-corrected chi connectivity index (χ3v) is 4.84. The van der Waals surface area contributed by atoms with Gasteiger partial charge in [-0.25, -0.2) is 0 Å². The highest BCUT2D eigenvalue weighted by Gasteiger charge is 2.15. The summed E-state index contributed by atoms with van der Waals surface area (Å²) >= 11 is 3.58. The van der Waals surface area contributed by atoms with Gasteiger partial charge < -0.3 is 24.3 Å². The van der Waals surface area contributed by atoms with E-state index in [0.717, 1.165) is 59.6 Å². The summed E-state index contributed by atoms with van der Waals surface area (Å²) in [5, 5.41) is 12.6. The highest BCUT2D eigenvalue weighted by Crippen LogP contribution is 2.36. The fourth-order valence-corrected chi connectivity index (χ4v) is 3.28. The Bertz CT molecular complexity index is 699. The Labute approximate surface area is 150 Å². The molecule has 2 heterocycles. The van der Waals surface area contributed by atoms with Crippen molar-refractivity contribution in [3.8, 4) is 11.5 Å². The standard InChI is InChI=1S/C18H22BrNO4/c1-12-7-14(24-18(12)10-21)3-2-5-20-6-4-13-8-16-17(9-15(13)19)23-11-22-16/h7-9,20-21H,2-6,10-11H2,1H3. The van der Waals surface area contributed by atoms with E-state index in [4.69, 9.17) is 19.0 Å². The number of aliphatic hydroxyl groups is 1. The van der Waals surface area contributed by atoms with Crippen LogP contribution in [0.15, 0.2) is 27.1 Å². The minimum Gasteiger partial charge on any atom is -0.463 e. The number of ether oxygens (including phenoxy) is 2. The third kappa shape index (κ3) is 4.12. The van der Waals surface area contributed by atoms with Crippen molar-refractivity contribution in [2.75, 3.05) is 19.9 Å². The van der Waals surface area contributed by atoms with Crippen LogP contribution in [0.25, 0.3) is 0 Å². The molecule has 0 fully saturated rings. The number of hydrogen-bond donors (Lipinski definition) is 2.